The minimum absolute atomic E-state index is 0.187. The number of rotatable bonds is 4. The number of hydrogen-bond donors (Lipinski definition) is 1. The number of halogens is 1. The molecule has 0 aliphatic carbocycles. The number of carbonyl (C=O) groups excluding carboxylic acids is 2. The topological polar surface area (TPSA) is 87.2 Å². The second-order valence-electron chi connectivity index (χ2n) is 6.05. The normalized spacial score (nSPS) is 18.3. The van der Waals surface area contributed by atoms with Crippen molar-refractivity contribution in [2.24, 2.45) is 5.73 Å². The van der Waals surface area contributed by atoms with E-state index in [1.54, 1.807) is 24.3 Å². The fraction of sp³-hybridized carbons (Fsp3) is 0.150. The summed E-state index contributed by atoms with van der Waals surface area (Å²) in [4.78, 5) is 26.4. The predicted octanol–water partition coefficient (Wildman–Crippen LogP) is 3.56. The van der Waals surface area contributed by atoms with E-state index in [0.717, 1.165) is 11.1 Å². The number of thioether (sulfide) groups is 1. The fourth-order valence-electron chi connectivity index (χ4n) is 2.87. The van der Waals surface area contributed by atoms with E-state index in [9.17, 15) is 14.9 Å². The Morgan fingerprint density at radius 2 is 1.93 bits per heavy atom. The Morgan fingerprint density at radius 1 is 1.26 bits per heavy atom. The third-order valence-corrected chi connectivity index (χ3v) is 5.73. The summed E-state index contributed by atoms with van der Waals surface area (Å²) in [5.74, 6) is -1.04. The summed E-state index contributed by atoms with van der Waals surface area (Å²) in [6.45, 7) is 1.87. The summed E-state index contributed by atoms with van der Waals surface area (Å²) in [5.41, 5.74) is 7.60. The maximum atomic E-state index is 13.2. The molecule has 1 fully saturated rings. The largest absolute Gasteiger partial charge is 0.365 e. The molecule has 1 heterocycles. The summed E-state index contributed by atoms with van der Waals surface area (Å²) >= 11 is 7.11. The minimum atomic E-state index is -0.849. The van der Waals surface area contributed by atoms with Crippen molar-refractivity contribution in [1.82, 2.24) is 0 Å². The van der Waals surface area contributed by atoms with Gasteiger partial charge in [-0.15, -0.1) is 0 Å². The Kier molecular flexibility index (Phi) is 5.54. The van der Waals surface area contributed by atoms with Gasteiger partial charge in [0.05, 0.1) is 10.9 Å². The molecule has 0 radical (unpaired) electrons. The first-order valence-electron chi connectivity index (χ1n) is 8.17. The molecule has 7 heteroatoms. The van der Waals surface area contributed by atoms with Gasteiger partial charge in [0.15, 0.2) is 0 Å². The summed E-state index contributed by atoms with van der Waals surface area (Å²) < 4.78 is 0. The van der Waals surface area contributed by atoms with E-state index in [2.05, 4.69) is 0 Å². The Morgan fingerprint density at radius 3 is 2.52 bits per heavy atom. The van der Waals surface area contributed by atoms with Crippen LogP contribution in [0.4, 0.5) is 5.69 Å². The fourth-order valence-corrected chi connectivity index (χ4v) is 4.30. The first kappa shape index (κ1) is 19.0. The molecule has 1 atom stereocenters. The molecule has 0 unspecified atom stereocenters. The molecular formula is C20H16ClN3O2S. The molecule has 27 heavy (non-hydrogen) atoms. The second kappa shape index (κ2) is 7.87. The highest BCUT2D eigenvalue weighted by Crippen LogP contribution is 2.42. The first-order chi connectivity index (χ1) is 12.9. The zero-order valence-electron chi connectivity index (χ0n) is 14.5. The number of primary amides is 1. The van der Waals surface area contributed by atoms with Gasteiger partial charge in [-0.05, 0) is 42.7 Å². The molecule has 0 bridgehead atoms. The van der Waals surface area contributed by atoms with Gasteiger partial charge in [0.2, 0.25) is 5.91 Å². The van der Waals surface area contributed by atoms with Crippen LogP contribution in [0.25, 0.3) is 0 Å². The second-order valence-corrected chi connectivity index (χ2v) is 7.68. The van der Waals surface area contributed by atoms with Crippen LogP contribution >= 0.6 is 23.4 Å². The van der Waals surface area contributed by atoms with Crippen molar-refractivity contribution in [2.75, 3.05) is 4.90 Å². The van der Waals surface area contributed by atoms with Crippen LogP contribution in [0.3, 0.4) is 0 Å². The van der Waals surface area contributed by atoms with E-state index >= 15 is 0 Å². The lowest BCUT2D eigenvalue weighted by molar-refractivity contribution is -0.117. The number of anilines is 1. The van der Waals surface area contributed by atoms with Crippen LogP contribution in [0, 0.1) is 18.3 Å². The van der Waals surface area contributed by atoms with Crippen LogP contribution in [0.2, 0.25) is 5.02 Å². The molecule has 2 amide bonds. The number of para-hydroxylation sites is 1. The van der Waals surface area contributed by atoms with Gasteiger partial charge in [-0.3, -0.25) is 14.5 Å². The quantitative estimate of drug-likeness (QED) is 0.631. The molecule has 0 saturated carbocycles. The zero-order valence-corrected chi connectivity index (χ0v) is 16.1. The van der Waals surface area contributed by atoms with Crippen molar-refractivity contribution in [3.05, 3.63) is 75.3 Å². The number of nitrogens with two attached hydrogens (primary N) is 1. The van der Waals surface area contributed by atoms with Crippen molar-refractivity contribution in [3.63, 3.8) is 0 Å². The Hall–Kier alpha value is -2.75. The third-order valence-electron chi connectivity index (χ3n) is 4.22. The Balaban J connectivity index is 2.05. The van der Waals surface area contributed by atoms with Gasteiger partial charge in [0.1, 0.15) is 16.7 Å². The molecule has 1 aliphatic heterocycles. The summed E-state index contributed by atoms with van der Waals surface area (Å²) in [6.07, 6.45) is 0.448. The van der Waals surface area contributed by atoms with Crippen LogP contribution in [0.1, 0.15) is 11.1 Å². The first-order valence-corrected chi connectivity index (χ1v) is 9.43. The van der Waals surface area contributed by atoms with Crippen molar-refractivity contribution in [2.45, 2.75) is 18.6 Å². The summed E-state index contributed by atoms with van der Waals surface area (Å²) in [5, 5.41) is 9.84. The molecule has 0 spiro atoms. The monoisotopic (exact) mass is 397 g/mol. The van der Waals surface area contributed by atoms with Gasteiger partial charge in [-0.1, -0.05) is 53.7 Å². The number of nitrogens with zero attached hydrogens (tertiary/aromatic N) is 2. The van der Waals surface area contributed by atoms with Gasteiger partial charge in [-0.25, -0.2) is 0 Å². The number of carbonyl (C=O) groups is 2. The number of aryl methyl sites for hydroxylation is 1. The van der Waals surface area contributed by atoms with Crippen LogP contribution in [-0.2, 0) is 16.0 Å². The lowest BCUT2D eigenvalue weighted by Gasteiger charge is -2.20. The molecule has 136 valence electrons. The van der Waals surface area contributed by atoms with E-state index in [1.807, 2.05) is 37.3 Å². The van der Waals surface area contributed by atoms with Crippen LogP contribution < -0.4 is 10.6 Å². The molecular weight excluding hydrogens is 382 g/mol. The smallest absolute Gasteiger partial charge is 0.262 e. The highest BCUT2D eigenvalue weighted by molar-refractivity contribution is 8.05. The van der Waals surface area contributed by atoms with E-state index in [-0.39, 0.29) is 16.5 Å². The molecule has 1 aliphatic rings. The van der Waals surface area contributed by atoms with Crippen molar-refractivity contribution in [3.8, 4) is 6.07 Å². The van der Waals surface area contributed by atoms with Crippen LogP contribution in [0.15, 0.2) is 59.1 Å². The van der Waals surface area contributed by atoms with Crippen molar-refractivity contribution < 1.29 is 9.59 Å². The molecule has 2 aromatic rings. The molecule has 5 nitrogen and oxygen atoms in total. The number of hydrogen-bond acceptors (Lipinski definition) is 4. The van der Waals surface area contributed by atoms with Gasteiger partial charge in [-0.2, -0.15) is 5.26 Å². The zero-order chi connectivity index (χ0) is 19.6. The Bertz CT molecular complexity index is 979. The molecule has 1 saturated heterocycles. The predicted molar refractivity (Wildman–Crippen MR) is 107 cm³/mol. The van der Waals surface area contributed by atoms with E-state index in [1.165, 1.54) is 16.7 Å². The maximum absolute atomic E-state index is 13.2. The summed E-state index contributed by atoms with van der Waals surface area (Å²) in [6, 6.07) is 16.4. The average Bonchev–Trinajstić information content (AvgIpc) is 2.94. The maximum Gasteiger partial charge on any atom is 0.262 e. The minimum Gasteiger partial charge on any atom is -0.365 e. The number of amides is 2. The van der Waals surface area contributed by atoms with E-state index in [0.29, 0.717) is 17.1 Å². The number of benzene rings is 2. The summed E-state index contributed by atoms with van der Waals surface area (Å²) in [7, 11) is 0. The molecule has 2 N–H and O–H groups in total. The van der Waals surface area contributed by atoms with Crippen LogP contribution in [0.5, 0.6) is 0 Å². The van der Waals surface area contributed by atoms with E-state index < -0.39 is 11.2 Å². The standard InChI is InChI=1S/C20H16ClN3O2S/c1-12-4-2-3-5-16(12)24-19(26)17(10-13-6-8-14(21)9-7-13)27-20(24)15(11-22)18(23)25/h2-9,17H,10H2,1H3,(H2,23,25)/b20-15-/t17-/m1/s1. The molecule has 3 rings (SSSR count). The van der Waals surface area contributed by atoms with Crippen molar-refractivity contribution >= 4 is 40.9 Å². The highest BCUT2D eigenvalue weighted by atomic mass is 35.5. The third kappa shape index (κ3) is 3.85. The lowest BCUT2D eigenvalue weighted by Crippen LogP contribution is -2.31. The SMILES string of the molecule is Cc1ccccc1N1C(=O)[C@@H](Cc2ccc(Cl)cc2)S/C1=C(/C#N)C(N)=O. The van der Waals surface area contributed by atoms with Gasteiger partial charge in [0.25, 0.3) is 5.91 Å². The van der Waals surface area contributed by atoms with Gasteiger partial charge < -0.3 is 5.73 Å². The number of nitriles is 1. The molecule has 0 aromatic heterocycles. The highest BCUT2D eigenvalue weighted by Gasteiger charge is 2.40. The lowest BCUT2D eigenvalue weighted by atomic mass is 10.1. The van der Waals surface area contributed by atoms with Gasteiger partial charge in [0, 0.05) is 5.02 Å². The van der Waals surface area contributed by atoms with E-state index in [4.69, 9.17) is 17.3 Å². The molecule has 2 aromatic carbocycles. The van der Waals surface area contributed by atoms with Gasteiger partial charge >= 0.3 is 0 Å². The Labute approximate surface area is 166 Å². The van der Waals surface area contributed by atoms with Crippen LogP contribution in [-0.4, -0.2) is 17.1 Å². The van der Waals surface area contributed by atoms with Crippen molar-refractivity contribution in [1.29, 1.82) is 5.26 Å². The average molecular weight is 398 g/mol.